The van der Waals surface area contributed by atoms with E-state index in [-0.39, 0.29) is 0 Å². The number of fused-ring (bicyclic) bond motifs is 2. The highest BCUT2D eigenvalue weighted by Gasteiger charge is 2.30. The van der Waals surface area contributed by atoms with Crippen molar-refractivity contribution in [2.45, 2.75) is 42.0 Å². The summed E-state index contributed by atoms with van der Waals surface area (Å²) in [5, 5.41) is 16.4. The second-order valence-electron chi connectivity index (χ2n) is 9.99. The van der Waals surface area contributed by atoms with Crippen LogP contribution in [0.3, 0.4) is 0 Å². The highest BCUT2D eigenvalue weighted by atomic mass is 35.5. The van der Waals surface area contributed by atoms with Crippen molar-refractivity contribution in [2.24, 2.45) is 0 Å². The van der Waals surface area contributed by atoms with Crippen molar-refractivity contribution < 1.29 is 24.6 Å². The van der Waals surface area contributed by atoms with Crippen molar-refractivity contribution in [1.82, 2.24) is 14.7 Å². The maximum absolute atomic E-state index is 11.9. The van der Waals surface area contributed by atoms with Crippen molar-refractivity contribution >= 4 is 41.2 Å². The molecule has 3 aliphatic heterocycles. The molecule has 2 N–H and O–H groups in total. The average molecular weight is 572 g/mol. The first-order valence-electron chi connectivity index (χ1n) is 13.1. The molecule has 208 valence electrons. The van der Waals surface area contributed by atoms with E-state index >= 15 is 0 Å². The van der Waals surface area contributed by atoms with Gasteiger partial charge in [0, 0.05) is 85.2 Å². The molecule has 39 heavy (non-hydrogen) atoms. The van der Waals surface area contributed by atoms with Crippen LogP contribution in [-0.4, -0.2) is 88.6 Å². The Morgan fingerprint density at radius 1 is 0.974 bits per heavy atom. The lowest BCUT2D eigenvalue weighted by Gasteiger charge is -2.40. The number of carbonyl (C=O) groups is 3. The lowest BCUT2D eigenvalue weighted by atomic mass is 9.96. The third-order valence-corrected chi connectivity index (χ3v) is 8.70. The molecule has 0 bridgehead atoms. The summed E-state index contributed by atoms with van der Waals surface area (Å²) >= 11 is 8.32. The van der Waals surface area contributed by atoms with Crippen LogP contribution in [0.15, 0.2) is 58.3 Å². The van der Waals surface area contributed by atoms with Gasteiger partial charge in [-0.15, -0.1) is 0 Å². The maximum Gasteiger partial charge on any atom is 0.328 e. The number of likely N-dealkylation sites (tertiary alicyclic amines) is 1. The Bertz CT molecular complexity index is 1230. The van der Waals surface area contributed by atoms with Gasteiger partial charge < -0.3 is 15.1 Å². The van der Waals surface area contributed by atoms with Gasteiger partial charge in [-0.1, -0.05) is 41.1 Å². The smallest absolute Gasteiger partial charge is 0.328 e. The van der Waals surface area contributed by atoms with Crippen molar-refractivity contribution in [3.63, 3.8) is 0 Å². The van der Waals surface area contributed by atoms with Gasteiger partial charge in [0.15, 0.2) is 0 Å². The SMILES string of the molecule is Cc1ccc2c(c1)CC(N1CCN(CCN3CCCC3=O)CC1)c1cc(Cl)ccc1S2.O=C(O)/C=C\C(=O)O. The van der Waals surface area contributed by atoms with Crippen molar-refractivity contribution in [3.05, 3.63) is 70.3 Å². The van der Waals surface area contributed by atoms with Gasteiger partial charge in [0.25, 0.3) is 0 Å². The van der Waals surface area contributed by atoms with E-state index in [2.05, 4.69) is 47.1 Å². The molecule has 1 unspecified atom stereocenters. The highest BCUT2D eigenvalue weighted by Crippen LogP contribution is 2.44. The first-order chi connectivity index (χ1) is 18.7. The quantitative estimate of drug-likeness (QED) is 0.494. The molecule has 2 saturated heterocycles. The van der Waals surface area contributed by atoms with Crippen LogP contribution in [-0.2, 0) is 20.8 Å². The van der Waals surface area contributed by atoms with E-state index in [0.717, 1.165) is 70.1 Å². The van der Waals surface area contributed by atoms with Crippen LogP contribution < -0.4 is 0 Å². The number of aliphatic carboxylic acids is 2. The molecular weight excluding hydrogens is 538 g/mol. The monoisotopic (exact) mass is 571 g/mol. The summed E-state index contributed by atoms with van der Waals surface area (Å²) in [6.45, 7) is 9.21. The van der Waals surface area contributed by atoms with Crippen molar-refractivity contribution in [3.8, 4) is 0 Å². The second-order valence-corrected chi connectivity index (χ2v) is 11.5. The van der Waals surface area contributed by atoms with Crippen LogP contribution >= 0.6 is 23.4 Å². The average Bonchev–Trinajstić information content (AvgIpc) is 3.25. The molecule has 3 heterocycles. The predicted molar refractivity (Wildman–Crippen MR) is 151 cm³/mol. The predicted octanol–water partition coefficient (Wildman–Crippen LogP) is 4.35. The standard InChI is InChI=1S/C25H30ClN3OS.C4H4O4/c1-18-4-6-23-19(15-18)16-22(21-17-20(26)5-7-24(21)31-23)28-12-9-27(10-13-28)11-14-29-8-2-3-25(29)30;5-3(6)1-2-4(7)8/h4-7,15,17,22H,2-3,8-14,16H2,1H3;1-2H,(H,5,6)(H,7,8)/b;2-1-. The van der Waals surface area contributed by atoms with E-state index in [9.17, 15) is 14.4 Å². The molecule has 3 aliphatic rings. The summed E-state index contributed by atoms with van der Waals surface area (Å²) in [5.74, 6) is -2.18. The fourth-order valence-corrected chi connectivity index (χ4v) is 6.52. The van der Waals surface area contributed by atoms with Gasteiger partial charge in [-0.3, -0.25) is 14.6 Å². The van der Waals surface area contributed by atoms with Gasteiger partial charge in [0.2, 0.25) is 5.91 Å². The van der Waals surface area contributed by atoms with E-state index < -0.39 is 11.9 Å². The second kappa shape index (κ2) is 13.5. The number of carboxylic acids is 2. The van der Waals surface area contributed by atoms with E-state index in [1.165, 1.54) is 26.5 Å². The van der Waals surface area contributed by atoms with Gasteiger partial charge in [-0.25, -0.2) is 9.59 Å². The van der Waals surface area contributed by atoms with Crippen molar-refractivity contribution in [2.75, 3.05) is 45.8 Å². The molecule has 0 aliphatic carbocycles. The van der Waals surface area contributed by atoms with Crippen LogP contribution in [0, 0.1) is 6.92 Å². The zero-order valence-corrected chi connectivity index (χ0v) is 23.6. The molecule has 0 radical (unpaired) electrons. The van der Waals surface area contributed by atoms with E-state index in [1.807, 2.05) is 22.7 Å². The molecule has 2 fully saturated rings. The Balaban J connectivity index is 0.000000386. The van der Waals surface area contributed by atoms with Gasteiger partial charge in [0.05, 0.1) is 0 Å². The molecule has 1 atom stereocenters. The number of hydrogen-bond donors (Lipinski definition) is 2. The molecule has 8 nitrogen and oxygen atoms in total. The molecule has 1 amide bonds. The summed E-state index contributed by atoms with van der Waals surface area (Å²) in [7, 11) is 0. The molecule has 0 saturated carbocycles. The van der Waals surface area contributed by atoms with Gasteiger partial charge >= 0.3 is 11.9 Å². The Labute approximate surface area is 238 Å². The number of piperazine rings is 1. The van der Waals surface area contributed by atoms with Crippen LogP contribution in [0.25, 0.3) is 0 Å². The first kappa shape index (κ1) is 29.1. The Morgan fingerprint density at radius 3 is 2.31 bits per heavy atom. The summed E-state index contributed by atoms with van der Waals surface area (Å²) in [4.78, 5) is 40.9. The molecule has 10 heteroatoms. The number of carbonyl (C=O) groups excluding carboxylic acids is 1. The van der Waals surface area contributed by atoms with E-state index in [4.69, 9.17) is 21.8 Å². The summed E-state index contributed by atoms with van der Waals surface area (Å²) in [5.41, 5.74) is 4.13. The minimum absolute atomic E-state index is 0.331. The summed E-state index contributed by atoms with van der Waals surface area (Å²) in [6, 6.07) is 13.6. The molecule has 0 spiro atoms. The third-order valence-electron chi connectivity index (χ3n) is 7.25. The van der Waals surface area contributed by atoms with Gasteiger partial charge in [-0.05, 0) is 55.2 Å². The molecule has 2 aromatic carbocycles. The molecule has 5 rings (SSSR count). The fraction of sp³-hybridized carbons (Fsp3) is 0.414. The van der Waals surface area contributed by atoms with Crippen LogP contribution in [0.2, 0.25) is 5.02 Å². The zero-order chi connectivity index (χ0) is 27.9. The minimum atomic E-state index is -1.26. The highest BCUT2D eigenvalue weighted by molar-refractivity contribution is 7.99. The minimum Gasteiger partial charge on any atom is -0.478 e. The van der Waals surface area contributed by atoms with E-state index in [0.29, 0.717) is 24.1 Å². The van der Waals surface area contributed by atoms with Gasteiger partial charge in [-0.2, -0.15) is 0 Å². The number of halogens is 1. The lowest BCUT2D eigenvalue weighted by Crippen LogP contribution is -2.49. The number of nitrogens with zero attached hydrogens (tertiary/aromatic N) is 3. The number of benzene rings is 2. The zero-order valence-electron chi connectivity index (χ0n) is 22.0. The molecular formula is C29H34ClN3O5S. The first-order valence-corrected chi connectivity index (χ1v) is 14.3. The lowest BCUT2D eigenvalue weighted by molar-refractivity contribution is -0.134. The maximum atomic E-state index is 11.9. The number of aryl methyl sites for hydroxylation is 1. The normalized spacial score (nSPS) is 19.7. The Kier molecular flexibility index (Phi) is 10.1. The van der Waals surface area contributed by atoms with Crippen LogP contribution in [0.4, 0.5) is 0 Å². The third kappa shape index (κ3) is 8.08. The van der Waals surface area contributed by atoms with Crippen LogP contribution in [0.1, 0.15) is 35.6 Å². The largest absolute Gasteiger partial charge is 0.478 e. The number of hydrogen-bond acceptors (Lipinski definition) is 6. The number of amides is 1. The van der Waals surface area contributed by atoms with Crippen LogP contribution in [0.5, 0.6) is 0 Å². The number of rotatable bonds is 6. The molecule has 2 aromatic rings. The number of carboxylic acid groups (broad SMARTS) is 2. The topological polar surface area (TPSA) is 101 Å². The fourth-order valence-electron chi connectivity index (χ4n) is 5.25. The van der Waals surface area contributed by atoms with Crippen molar-refractivity contribution in [1.29, 1.82) is 0 Å². The Hall–Kier alpha value is -2.85. The Morgan fingerprint density at radius 2 is 1.67 bits per heavy atom. The summed E-state index contributed by atoms with van der Waals surface area (Å²) < 4.78 is 0. The summed E-state index contributed by atoms with van der Waals surface area (Å²) in [6.07, 6.45) is 3.90. The van der Waals surface area contributed by atoms with E-state index in [1.54, 1.807) is 0 Å². The molecule has 0 aromatic heterocycles. The van der Waals surface area contributed by atoms with Gasteiger partial charge in [0.1, 0.15) is 0 Å².